The van der Waals surface area contributed by atoms with Crippen LogP contribution in [0.2, 0.25) is 0 Å². The van der Waals surface area contributed by atoms with E-state index < -0.39 is 0 Å². The molecular formula is C2H2N2S4-2. The molecule has 2 N–H and O–H groups in total. The molecule has 0 aromatic carbocycles. The molecule has 0 aliphatic heterocycles. The Labute approximate surface area is 69.5 Å². The first-order chi connectivity index (χ1) is 3.72. The lowest BCUT2D eigenvalue weighted by molar-refractivity contribution is 1.57. The van der Waals surface area contributed by atoms with Crippen molar-refractivity contribution < 1.29 is 0 Å². The Morgan fingerprint density at radius 1 is 1.00 bits per heavy atom. The molecular weight excluding hydrogens is 180 g/mol. The minimum atomic E-state index is 0.296. The van der Waals surface area contributed by atoms with Gasteiger partial charge in [-0.3, -0.25) is 0 Å². The molecule has 0 aromatic heterocycles. The van der Waals surface area contributed by atoms with Crippen LogP contribution in [-0.2, 0) is 25.6 Å². The third-order valence-electron chi connectivity index (χ3n) is 0.392. The fourth-order valence-electron chi connectivity index (χ4n) is 0.0927. The lowest BCUT2D eigenvalue weighted by Gasteiger charge is -2.16. The van der Waals surface area contributed by atoms with Crippen molar-refractivity contribution in [3.63, 3.8) is 0 Å². The van der Waals surface area contributed by atoms with Crippen molar-refractivity contribution in [1.29, 1.82) is 0 Å². The van der Waals surface area contributed by atoms with Crippen molar-refractivity contribution >= 4 is 60.0 Å². The summed E-state index contributed by atoms with van der Waals surface area (Å²) in [5.41, 5.74) is 0. The maximum Gasteiger partial charge on any atom is 0.110 e. The average Bonchev–Trinajstić information content (AvgIpc) is 1.84. The van der Waals surface area contributed by atoms with Crippen LogP contribution in [0.3, 0.4) is 0 Å². The summed E-state index contributed by atoms with van der Waals surface area (Å²) in [7, 11) is 0. The van der Waals surface area contributed by atoms with Crippen LogP contribution >= 0.6 is 24.4 Å². The van der Waals surface area contributed by atoms with Crippen LogP contribution in [0.5, 0.6) is 0 Å². The zero-order chi connectivity index (χ0) is 6.57. The molecule has 0 amide bonds. The molecule has 46 valence electrons. The van der Waals surface area contributed by atoms with Gasteiger partial charge in [0.15, 0.2) is 0 Å². The Morgan fingerprint density at radius 3 is 1.38 bits per heavy atom. The zero-order valence-corrected chi connectivity index (χ0v) is 6.90. The van der Waals surface area contributed by atoms with E-state index in [2.05, 4.69) is 59.5 Å². The van der Waals surface area contributed by atoms with E-state index in [9.17, 15) is 0 Å². The van der Waals surface area contributed by atoms with E-state index in [0.29, 0.717) is 9.98 Å². The van der Waals surface area contributed by atoms with Gasteiger partial charge in [-0.15, -0.1) is 0 Å². The molecule has 0 heterocycles. The Balaban J connectivity index is 3.64. The van der Waals surface area contributed by atoms with Gasteiger partial charge in [-0.1, -0.05) is 24.4 Å². The zero-order valence-electron chi connectivity index (χ0n) is 3.63. The van der Waals surface area contributed by atoms with Crippen LogP contribution < -0.4 is 9.44 Å². The van der Waals surface area contributed by atoms with E-state index in [1.54, 1.807) is 0 Å². The first-order valence-electron chi connectivity index (χ1n) is 1.57. The van der Waals surface area contributed by atoms with Gasteiger partial charge in [0.2, 0.25) is 0 Å². The quantitative estimate of drug-likeness (QED) is 0.396. The van der Waals surface area contributed by atoms with Gasteiger partial charge in [0.25, 0.3) is 0 Å². The van der Waals surface area contributed by atoms with Gasteiger partial charge in [0.1, 0.15) is 9.98 Å². The summed E-state index contributed by atoms with van der Waals surface area (Å²) in [6.45, 7) is 0. The highest BCUT2D eigenvalue weighted by molar-refractivity contribution is 7.90. The van der Waals surface area contributed by atoms with Crippen LogP contribution in [0.15, 0.2) is 0 Å². The number of nitrogens with one attached hydrogen (secondary N) is 2. The smallest absolute Gasteiger partial charge is 0.110 e. The highest BCUT2D eigenvalue weighted by Gasteiger charge is 1.87. The Bertz CT molecular complexity index is 96.6. The Hall–Kier alpha value is 0.480. The van der Waals surface area contributed by atoms with E-state index in [-0.39, 0.29) is 0 Å². The first kappa shape index (κ1) is 8.48. The Morgan fingerprint density at radius 2 is 1.25 bits per heavy atom. The predicted octanol–water partition coefficient (Wildman–Crippen LogP) is -0.256. The van der Waals surface area contributed by atoms with E-state index >= 15 is 0 Å². The minimum absolute atomic E-state index is 0.296. The SMILES string of the molecule is S=C(N[S-])C(=S)N[S-]. The van der Waals surface area contributed by atoms with E-state index in [4.69, 9.17) is 0 Å². The van der Waals surface area contributed by atoms with Crippen molar-refractivity contribution in [2.75, 3.05) is 0 Å². The van der Waals surface area contributed by atoms with Gasteiger partial charge in [-0.05, 0) is 0 Å². The number of hydrogen-bond acceptors (Lipinski definition) is 4. The topological polar surface area (TPSA) is 24.1 Å². The fourth-order valence-corrected chi connectivity index (χ4v) is 0.528. The third-order valence-corrected chi connectivity index (χ3v) is 1.80. The monoisotopic (exact) mass is 182 g/mol. The summed E-state index contributed by atoms with van der Waals surface area (Å²) >= 11 is 17.9. The summed E-state index contributed by atoms with van der Waals surface area (Å²) in [6.07, 6.45) is 0. The maximum absolute atomic E-state index is 4.59. The summed E-state index contributed by atoms with van der Waals surface area (Å²) in [5.74, 6) is 0. The molecule has 0 aliphatic carbocycles. The molecule has 2 nitrogen and oxygen atoms in total. The minimum Gasteiger partial charge on any atom is -0.669 e. The summed E-state index contributed by atoms with van der Waals surface area (Å²) in [4.78, 5) is 0.593. The molecule has 8 heavy (non-hydrogen) atoms. The van der Waals surface area contributed by atoms with Crippen LogP contribution in [-0.4, -0.2) is 9.98 Å². The van der Waals surface area contributed by atoms with E-state index in [0.717, 1.165) is 0 Å². The first-order valence-corrected chi connectivity index (χ1v) is 3.20. The molecule has 0 aromatic rings. The van der Waals surface area contributed by atoms with Crippen LogP contribution in [0.4, 0.5) is 0 Å². The molecule has 0 saturated heterocycles. The molecule has 0 unspecified atom stereocenters. The molecule has 0 bridgehead atoms. The van der Waals surface area contributed by atoms with Crippen LogP contribution in [0, 0.1) is 0 Å². The molecule has 0 saturated carbocycles. The van der Waals surface area contributed by atoms with Crippen molar-refractivity contribution in [2.45, 2.75) is 0 Å². The summed E-state index contributed by atoms with van der Waals surface area (Å²) < 4.78 is 4.52. The third kappa shape index (κ3) is 2.71. The van der Waals surface area contributed by atoms with Gasteiger partial charge in [-0.25, -0.2) is 0 Å². The second kappa shape index (κ2) is 4.37. The highest BCUT2D eigenvalue weighted by Crippen LogP contribution is 1.73. The van der Waals surface area contributed by atoms with Crippen molar-refractivity contribution in [3.8, 4) is 0 Å². The number of thiocarbonyl (C=S) groups is 2. The molecule has 0 rings (SSSR count). The summed E-state index contributed by atoms with van der Waals surface area (Å²) in [5, 5.41) is 0. The van der Waals surface area contributed by atoms with Gasteiger partial charge in [0, 0.05) is 0 Å². The second-order valence-electron chi connectivity index (χ2n) is 0.862. The van der Waals surface area contributed by atoms with Crippen LogP contribution in [0.1, 0.15) is 0 Å². The highest BCUT2D eigenvalue weighted by atomic mass is 32.1. The van der Waals surface area contributed by atoms with Gasteiger partial charge < -0.3 is 35.1 Å². The van der Waals surface area contributed by atoms with Crippen molar-refractivity contribution in [3.05, 3.63) is 0 Å². The number of hydrogen-bond donors (Lipinski definition) is 2. The maximum atomic E-state index is 4.59. The van der Waals surface area contributed by atoms with E-state index in [1.165, 1.54) is 0 Å². The standard InChI is InChI=1S/C2H2N2S4/c5-1(3-7)2(6)4-8/h(H2-2,3,4,5,6,7,8)/q-2. The predicted molar refractivity (Wildman–Crippen MR) is 46.2 cm³/mol. The van der Waals surface area contributed by atoms with E-state index in [1.807, 2.05) is 0 Å². The Kier molecular flexibility index (Phi) is 4.63. The molecule has 6 heteroatoms. The number of rotatable bonds is 0. The van der Waals surface area contributed by atoms with Crippen LogP contribution in [0.25, 0.3) is 0 Å². The molecule has 0 radical (unpaired) electrons. The largest absolute Gasteiger partial charge is 0.669 e. The van der Waals surface area contributed by atoms with Gasteiger partial charge >= 0.3 is 0 Å². The lowest BCUT2D eigenvalue weighted by atomic mass is 10.7. The summed E-state index contributed by atoms with van der Waals surface area (Å²) in [6, 6.07) is 0. The van der Waals surface area contributed by atoms with Gasteiger partial charge in [0.05, 0.1) is 0 Å². The van der Waals surface area contributed by atoms with Crippen molar-refractivity contribution in [1.82, 2.24) is 9.44 Å². The molecule has 0 aliphatic rings. The normalized spacial score (nSPS) is 7.75. The molecule has 0 atom stereocenters. The van der Waals surface area contributed by atoms with Crippen molar-refractivity contribution in [2.24, 2.45) is 0 Å². The lowest BCUT2D eigenvalue weighted by Crippen LogP contribution is -2.31. The molecule has 0 spiro atoms. The average molecular weight is 182 g/mol. The van der Waals surface area contributed by atoms with Gasteiger partial charge in [-0.2, -0.15) is 0 Å². The molecule has 0 fully saturated rings. The fraction of sp³-hybridized carbons (Fsp3) is 0. The second-order valence-corrected chi connectivity index (χ2v) is 2.09.